The van der Waals surface area contributed by atoms with Crippen molar-refractivity contribution in [3.8, 4) is 11.8 Å². The van der Waals surface area contributed by atoms with Gasteiger partial charge in [0.25, 0.3) is 5.91 Å². The zero-order valence-electron chi connectivity index (χ0n) is 14.9. The second-order valence-corrected chi connectivity index (χ2v) is 5.71. The van der Waals surface area contributed by atoms with E-state index in [0.717, 1.165) is 5.69 Å². The van der Waals surface area contributed by atoms with Gasteiger partial charge in [-0.1, -0.05) is 0 Å². The van der Waals surface area contributed by atoms with E-state index in [-0.39, 0.29) is 11.6 Å². The number of aromatic nitrogens is 2. The van der Waals surface area contributed by atoms with E-state index >= 15 is 0 Å². The fourth-order valence-electron chi connectivity index (χ4n) is 2.37. The summed E-state index contributed by atoms with van der Waals surface area (Å²) in [5, 5.41) is 14.7. The molecule has 1 heterocycles. The third kappa shape index (κ3) is 4.58. The summed E-state index contributed by atoms with van der Waals surface area (Å²) < 4.78 is 5.10. The van der Waals surface area contributed by atoms with Crippen LogP contribution in [-0.2, 0) is 0 Å². The Morgan fingerprint density at radius 3 is 2.33 bits per heavy atom. The molecule has 134 valence electrons. The zero-order valence-corrected chi connectivity index (χ0v) is 14.9. The third-order valence-corrected chi connectivity index (χ3v) is 3.70. The molecule has 0 spiro atoms. The van der Waals surface area contributed by atoms with E-state index in [4.69, 9.17) is 10.00 Å². The Morgan fingerprint density at radius 2 is 1.70 bits per heavy atom. The number of methoxy groups -OCH3 is 1. The van der Waals surface area contributed by atoms with Crippen LogP contribution >= 0.6 is 0 Å². The predicted molar refractivity (Wildman–Crippen MR) is 102 cm³/mol. The SMILES string of the molecule is COc1ccc(NC(=O)c2cc(C)nc(Nc3ccc(C#N)cc3)n2)cc1. The molecule has 1 amide bonds. The number of amides is 1. The molecule has 3 aromatic rings. The van der Waals surface area contributed by atoms with E-state index in [1.165, 1.54) is 0 Å². The monoisotopic (exact) mass is 359 g/mol. The first-order valence-corrected chi connectivity index (χ1v) is 8.15. The quantitative estimate of drug-likeness (QED) is 0.721. The van der Waals surface area contributed by atoms with E-state index < -0.39 is 0 Å². The van der Waals surface area contributed by atoms with Crippen molar-refractivity contribution in [2.45, 2.75) is 6.92 Å². The van der Waals surface area contributed by atoms with Gasteiger partial charge in [-0.25, -0.2) is 9.97 Å². The number of nitriles is 1. The number of anilines is 3. The highest BCUT2D eigenvalue weighted by Crippen LogP contribution is 2.17. The number of carbonyl (C=O) groups is 1. The van der Waals surface area contributed by atoms with Gasteiger partial charge in [-0.2, -0.15) is 5.26 Å². The minimum atomic E-state index is -0.339. The van der Waals surface area contributed by atoms with Crippen LogP contribution in [0.1, 0.15) is 21.7 Å². The predicted octanol–water partition coefficient (Wildman–Crippen LogP) is 3.66. The van der Waals surface area contributed by atoms with Gasteiger partial charge in [-0.05, 0) is 61.5 Å². The largest absolute Gasteiger partial charge is 0.497 e. The molecule has 1 aromatic heterocycles. The maximum Gasteiger partial charge on any atom is 0.274 e. The molecule has 0 unspecified atom stereocenters. The number of hydrogen-bond acceptors (Lipinski definition) is 6. The summed E-state index contributed by atoms with van der Waals surface area (Å²) in [6, 6.07) is 17.6. The van der Waals surface area contributed by atoms with Crippen molar-refractivity contribution in [1.82, 2.24) is 9.97 Å². The van der Waals surface area contributed by atoms with E-state index in [9.17, 15) is 4.79 Å². The molecule has 0 radical (unpaired) electrons. The average Bonchev–Trinajstić information content (AvgIpc) is 2.68. The molecule has 0 atom stereocenters. The van der Waals surface area contributed by atoms with Gasteiger partial charge in [-0.15, -0.1) is 0 Å². The van der Waals surface area contributed by atoms with Gasteiger partial charge in [0, 0.05) is 17.1 Å². The lowest BCUT2D eigenvalue weighted by molar-refractivity contribution is 0.102. The van der Waals surface area contributed by atoms with Gasteiger partial charge in [0.15, 0.2) is 0 Å². The number of ether oxygens (including phenoxy) is 1. The van der Waals surface area contributed by atoms with E-state index in [0.29, 0.717) is 28.6 Å². The smallest absolute Gasteiger partial charge is 0.274 e. The maximum absolute atomic E-state index is 12.5. The van der Waals surface area contributed by atoms with Crippen molar-refractivity contribution >= 4 is 23.2 Å². The van der Waals surface area contributed by atoms with Crippen molar-refractivity contribution in [3.05, 3.63) is 71.5 Å². The molecule has 0 saturated heterocycles. The third-order valence-electron chi connectivity index (χ3n) is 3.70. The van der Waals surface area contributed by atoms with Gasteiger partial charge in [0.1, 0.15) is 11.4 Å². The first-order valence-electron chi connectivity index (χ1n) is 8.15. The van der Waals surface area contributed by atoms with Gasteiger partial charge in [-0.3, -0.25) is 4.79 Å². The Labute approximate surface area is 156 Å². The molecule has 27 heavy (non-hydrogen) atoms. The summed E-state index contributed by atoms with van der Waals surface area (Å²) in [4.78, 5) is 21.1. The molecule has 7 heteroatoms. The van der Waals surface area contributed by atoms with Crippen LogP contribution in [-0.4, -0.2) is 23.0 Å². The van der Waals surface area contributed by atoms with Crippen LogP contribution in [0.2, 0.25) is 0 Å². The number of hydrogen-bond donors (Lipinski definition) is 2. The first kappa shape index (κ1) is 17.9. The van der Waals surface area contributed by atoms with Gasteiger partial charge in [0.05, 0.1) is 18.7 Å². The Bertz CT molecular complexity index is 992. The van der Waals surface area contributed by atoms with Crippen LogP contribution in [0.5, 0.6) is 5.75 Å². The molecule has 0 aliphatic rings. The molecular weight excluding hydrogens is 342 g/mol. The van der Waals surface area contributed by atoms with Crippen molar-refractivity contribution in [1.29, 1.82) is 5.26 Å². The standard InChI is InChI=1S/C20H17N5O2/c1-13-11-18(19(26)23-15-7-9-17(27-2)10-8-15)25-20(22-13)24-16-5-3-14(12-21)4-6-16/h3-11H,1-2H3,(H,23,26)(H,22,24,25). The van der Waals surface area contributed by atoms with Crippen molar-refractivity contribution in [2.75, 3.05) is 17.7 Å². The molecule has 0 fully saturated rings. The minimum Gasteiger partial charge on any atom is -0.497 e. The fraction of sp³-hybridized carbons (Fsp3) is 0.100. The summed E-state index contributed by atoms with van der Waals surface area (Å²) in [6.45, 7) is 1.79. The molecule has 0 saturated carbocycles. The number of rotatable bonds is 5. The molecule has 7 nitrogen and oxygen atoms in total. The normalized spacial score (nSPS) is 9.96. The number of carbonyl (C=O) groups excluding carboxylic acids is 1. The highest BCUT2D eigenvalue weighted by molar-refractivity contribution is 6.03. The lowest BCUT2D eigenvalue weighted by Gasteiger charge is -2.09. The number of benzene rings is 2. The first-order chi connectivity index (χ1) is 13.1. The molecule has 0 bridgehead atoms. The second-order valence-electron chi connectivity index (χ2n) is 5.71. The lowest BCUT2D eigenvalue weighted by Crippen LogP contribution is -2.15. The summed E-state index contributed by atoms with van der Waals surface area (Å²) in [5.74, 6) is 0.674. The Hall–Kier alpha value is -3.92. The highest BCUT2D eigenvalue weighted by atomic mass is 16.5. The van der Waals surface area contributed by atoms with Crippen LogP contribution in [0.3, 0.4) is 0 Å². The number of nitrogens with zero attached hydrogens (tertiary/aromatic N) is 3. The van der Waals surface area contributed by atoms with Crippen LogP contribution in [0.4, 0.5) is 17.3 Å². The summed E-state index contributed by atoms with van der Waals surface area (Å²) in [6.07, 6.45) is 0. The molecule has 3 rings (SSSR count). The second kappa shape index (κ2) is 7.97. The zero-order chi connectivity index (χ0) is 19.2. The van der Waals surface area contributed by atoms with Crippen molar-refractivity contribution in [2.24, 2.45) is 0 Å². The summed E-state index contributed by atoms with van der Waals surface area (Å²) in [7, 11) is 1.58. The molecule has 0 aliphatic heterocycles. The van der Waals surface area contributed by atoms with Crippen LogP contribution < -0.4 is 15.4 Å². The van der Waals surface area contributed by atoms with Crippen LogP contribution in [0.25, 0.3) is 0 Å². The lowest BCUT2D eigenvalue weighted by atomic mass is 10.2. The maximum atomic E-state index is 12.5. The Balaban J connectivity index is 1.76. The van der Waals surface area contributed by atoms with Crippen molar-refractivity contribution in [3.63, 3.8) is 0 Å². The van der Waals surface area contributed by atoms with E-state index in [1.54, 1.807) is 68.6 Å². The van der Waals surface area contributed by atoms with E-state index in [1.807, 2.05) is 0 Å². The van der Waals surface area contributed by atoms with Crippen molar-refractivity contribution < 1.29 is 9.53 Å². The molecule has 2 aromatic carbocycles. The van der Waals surface area contributed by atoms with Crippen LogP contribution in [0, 0.1) is 18.3 Å². The Kier molecular flexibility index (Phi) is 5.28. The van der Waals surface area contributed by atoms with Gasteiger partial charge in [0.2, 0.25) is 5.95 Å². The summed E-state index contributed by atoms with van der Waals surface area (Å²) >= 11 is 0. The van der Waals surface area contributed by atoms with Crippen LogP contribution in [0.15, 0.2) is 54.6 Å². The highest BCUT2D eigenvalue weighted by Gasteiger charge is 2.11. The number of aryl methyl sites for hydroxylation is 1. The fourth-order valence-corrected chi connectivity index (χ4v) is 2.37. The van der Waals surface area contributed by atoms with E-state index in [2.05, 4.69) is 26.7 Å². The molecule has 2 N–H and O–H groups in total. The molecule has 0 aliphatic carbocycles. The van der Waals surface area contributed by atoms with Gasteiger partial charge >= 0.3 is 0 Å². The summed E-state index contributed by atoms with van der Waals surface area (Å²) in [5.41, 5.74) is 2.82. The topological polar surface area (TPSA) is 99.9 Å². The Morgan fingerprint density at radius 1 is 1.04 bits per heavy atom. The average molecular weight is 359 g/mol. The minimum absolute atomic E-state index is 0.245. The molecular formula is C20H17N5O2. The van der Waals surface area contributed by atoms with Gasteiger partial charge < -0.3 is 15.4 Å². The number of nitrogens with one attached hydrogen (secondary N) is 2.